The molecule has 1 saturated heterocycles. The molecule has 1 saturated carbocycles. The summed E-state index contributed by atoms with van der Waals surface area (Å²) in [7, 11) is 0. The Morgan fingerprint density at radius 2 is 2.13 bits per heavy atom. The lowest BCUT2D eigenvalue weighted by Crippen LogP contribution is -2.30. The Morgan fingerprint density at radius 1 is 1.40 bits per heavy atom. The molecule has 2 atom stereocenters. The number of amides is 1. The Labute approximate surface area is 96.6 Å². The second-order valence-corrected chi connectivity index (χ2v) is 5.15. The highest BCUT2D eigenvalue weighted by molar-refractivity contribution is 9.10. The van der Waals surface area contributed by atoms with Crippen LogP contribution in [0.4, 0.5) is 0 Å². The molecule has 0 bridgehead atoms. The number of rotatable bonds is 1. The Hall–Kier alpha value is -0.900. The van der Waals surface area contributed by atoms with Crippen molar-refractivity contribution in [2.75, 3.05) is 13.1 Å². The summed E-state index contributed by atoms with van der Waals surface area (Å²) < 4.78 is 0.767. The van der Waals surface area contributed by atoms with Crippen LogP contribution in [0.15, 0.2) is 22.9 Å². The molecule has 1 aromatic heterocycles. The van der Waals surface area contributed by atoms with E-state index < -0.39 is 0 Å². The number of aromatic nitrogens is 1. The minimum absolute atomic E-state index is 0.127. The van der Waals surface area contributed by atoms with E-state index in [1.54, 1.807) is 6.20 Å². The molecule has 2 unspecified atom stereocenters. The molecule has 2 heterocycles. The SMILES string of the molecule is O=C(c1ccc(Br)nc1)N1CC2CC2C1. The number of nitrogens with zero attached hydrogens (tertiary/aromatic N) is 2. The first-order valence-electron chi connectivity index (χ1n) is 5.15. The number of carbonyl (C=O) groups is 1. The second kappa shape index (κ2) is 3.30. The largest absolute Gasteiger partial charge is 0.338 e. The molecular weight excluding hydrogens is 256 g/mol. The maximum atomic E-state index is 12.0. The van der Waals surface area contributed by atoms with E-state index in [1.807, 2.05) is 17.0 Å². The Morgan fingerprint density at radius 3 is 2.73 bits per heavy atom. The van der Waals surface area contributed by atoms with Crippen molar-refractivity contribution in [3.63, 3.8) is 0 Å². The first-order chi connectivity index (χ1) is 7.24. The number of hydrogen-bond donors (Lipinski definition) is 0. The summed E-state index contributed by atoms with van der Waals surface area (Å²) in [5, 5.41) is 0. The zero-order valence-electron chi connectivity index (χ0n) is 8.19. The number of pyridine rings is 1. The molecule has 1 amide bonds. The van der Waals surface area contributed by atoms with E-state index in [4.69, 9.17) is 0 Å². The topological polar surface area (TPSA) is 33.2 Å². The summed E-state index contributed by atoms with van der Waals surface area (Å²) in [6.45, 7) is 1.89. The Balaban J connectivity index is 1.76. The van der Waals surface area contributed by atoms with E-state index in [0.29, 0.717) is 5.56 Å². The smallest absolute Gasteiger partial charge is 0.255 e. The molecule has 0 N–H and O–H groups in total. The molecule has 78 valence electrons. The highest BCUT2D eigenvalue weighted by Gasteiger charge is 2.46. The van der Waals surface area contributed by atoms with E-state index in [-0.39, 0.29) is 5.91 Å². The second-order valence-electron chi connectivity index (χ2n) is 4.34. The van der Waals surface area contributed by atoms with Gasteiger partial charge >= 0.3 is 0 Å². The van der Waals surface area contributed by atoms with Crippen molar-refractivity contribution in [2.45, 2.75) is 6.42 Å². The Bertz CT molecular complexity index is 394. The van der Waals surface area contributed by atoms with Crippen LogP contribution in [-0.2, 0) is 0 Å². The van der Waals surface area contributed by atoms with Crippen molar-refractivity contribution < 1.29 is 4.79 Å². The molecule has 4 heteroatoms. The summed E-state index contributed by atoms with van der Waals surface area (Å²) in [5.74, 6) is 1.71. The number of likely N-dealkylation sites (tertiary alicyclic amines) is 1. The molecule has 1 aliphatic heterocycles. The van der Waals surface area contributed by atoms with Gasteiger partial charge in [0.1, 0.15) is 4.60 Å². The highest BCUT2D eigenvalue weighted by atomic mass is 79.9. The van der Waals surface area contributed by atoms with Crippen LogP contribution in [-0.4, -0.2) is 28.9 Å². The van der Waals surface area contributed by atoms with Gasteiger partial charge in [0.25, 0.3) is 5.91 Å². The van der Waals surface area contributed by atoms with Crippen molar-refractivity contribution >= 4 is 21.8 Å². The fourth-order valence-corrected chi connectivity index (χ4v) is 2.48. The molecule has 0 spiro atoms. The molecule has 3 rings (SSSR count). The number of piperidine rings is 1. The first kappa shape index (κ1) is 9.33. The van der Waals surface area contributed by atoms with Gasteiger partial charge in [-0.2, -0.15) is 0 Å². The number of halogens is 1. The third-order valence-corrected chi connectivity index (χ3v) is 3.71. The van der Waals surface area contributed by atoms with Crippen LogP contribution in [0.3, 0.4) is 0 Å². The fourth-order valence-electron chi connectivity index (χ4n) is 2.25. The molecule has 0 radical (unpaired) electrons. The van der Waals surface area contributed by atoms with Crippen molar-refractivity contribution in [3.8, 4) is 0 Å². The fraction of sp³-hybridized carbons (Fsp3) is 0.455. The van der Waals surface area contributed by atoms with Gasteiger partial charge in [-0.1, -0.05) is 0 Å². The van der Waals surface area contributed by atoms with Crippen molar-refractivity contribution in [3.05, 3.63) is 28.5 Å². The zero-order chi connectivity index (χ0) is 10.4. The predicted octanol–water partition coefficient (Wildman–Crippen LogP) is 1.94. The quantitative estimate of drug-likeness (QED) is 0.728. The molecule has 1 aromatic rings. The van der Waals surface area contributed by atoms with E-state index in [2.05, 4.69) is 20.9 Å². The third-order valence-electron chi connectivity index (χ3n) is 3.24. The average molecular weight is 267 g/mol. The Kier molecular flexibility index (Phi) is 2.06. The standard InChI is InChI=1S/C11H11BrN2O/c12-10-2-1-7(4-13-10)11(15)14-5-8-3-9(8)6-14/h1-2,4,8-9H,3,5-6H2. The predicted molar refractivity (Wildman–Crippen MR) is 59.4 cm³/mol. The van der Waals surface area contributed by atoms with Crippen LogP contribution in [0.5, 0.6) is 0 Å². The monoisotopic (exact) mass is 266 g/mol. The van der Waals surface area contributed by atoms with Gasteiger partial charge in [0.15, 0.2) is 0 Å². The maximum Gasteiger partial charge on any atom is 0.255 e. The van der Waals surface area contributed by atoms with E-state index >= 15 is 0 Å². The summed E-state index contributed by atoms with van der Waals surface area (Å²) in [6.07, 6.45) is 2.96. The van der Waals surface area contributed by atoms with Crippen molar-refractivity contribution in [1.82, 2.24) is 9.88 Å². The van der Waals surface area contributed by atoms with Gasteiger partial charge in [0.05, 0.1) is 5.56 Å². The molecule has 1 aliphatic carbocycles. The van der Waals surface area contributed by atoms with Gasteiger partial charge in [-0.15, -0.1) is 0 Å². The molecule has 2 aliphatic rings. The van der Waals surface area contributed by atoms with Gasteiger partial charge in [-0.05, 0) is 46.3 Å². The number of fused-ring (bicyclic) bond motifs is 1. The van der Waals surface area contributed by atoms with E-state index in [0.717, 1.165) is 29.5 Å². The highest BCUT2D eigenvalue weighted by Crippen LogP contribution is 2.45. The van der Waals surface area contributed by atoms with Crippen molar-refractivity contribution in [1.29, 1.82) is 0 Å². The minimum Gasteiger partial charge on any atom is -0.338 e. The molecular formula is C11H11BrN2O. The zero-order valence-corrected chi connectivity index (χ0v) is 9.77. The maximum absolute atomic E-state index is 12.0. The molecule has 2 fully saturated rings. The van der Waals surface area contributed by atoms with Crippen LogP contribution in [0.25, 0.3) is 0 Å². The summed E-state index contributed by atoms with van der Waals surface area (Å²) in [5.41, 5.74) is 0.694. The van der Waals surface area contributed by atoms with Crippen LogP contribution in [0, 0.1) is 11.8 Å². The number of hydrogen-bond acceptors (Lipinski definition) is 2. The molecule has 15 heavy (non-hydrogen) atoms. The lowest BCUT2D eigenvalue weighted by atomic mass is 10.2. The van der Waals surface area contributed by atoms with Crippen LogP contribution >= 0.6 is 15.9 Å². The van der Waals surface area contributed by atoms with Gasteiger partial charge in [0, 0.05) is 19.3 Å². The number of carbonyl (C=O) groups excluding carboxylic acids is 1. The van der Waals surface area contributed by atoms with Gasteiger partial charge in [-0.3, -0.25) is 4.79 Å². The molecule has 0 aromatic carbocycles. The van der Waals surface area contributed by atoms with Crippen molar-refractivity contribution in [2.24, 2.45) is 11.8 Å². The molecule has 3 nitrogen and oxygen atoms in total. The average Bonchev–Trinajstić information content (AvgIpc) is 2.86. The van der Waals surface area contributed by atoms with Crippen LogP contribution in [0.2, 0.25) is 0 Å². The lowest BCUT2D eigenvalue weighted by molar-refractivity contribution is 0.0775. The van der Waals surface area contributed by atoms with Gasteiger partial charge in [-0.25, -0.2) is 4.98 Å². The minimum atomic E-state index is 0.127. The summed E-state index contributed by atoms with van der Waals surface area (Å²) in [4.78, 5) is 18.0. The summed E-state index contributed by atoms with van der Waals surface area (Å²) in [6, 6.07) is 3.63. The third kappa shape index (κ3) is 1.67. The van der Waals surface area contributed by atoms with Crippen LogP contribution < -0.4 is 0 Å². The van der Waals surface area contributed by atoms with Gasteiger partial charge in [0.2, 0.25) is 0 Å². The lowest BCUT2D eigenvalue weighted by Gasteiger charge is -2.17. The summed E-state index contributed by atoms with van der Waals surface area (Å²) >= 11 is 3.26. The van der Waals surface area contributed by atoms with Crippen LogP contribution in [0.1, 0.15) is 16.8 Å². The first-order valence-corrected chi connectivity index (χ1v) is 5.94. The van der Waals surface area contributed by atoms with Gasteiger partial charge < -0.3 is 4.90 Å². The van der Waals surface area contributed by atoms with E-state index in [9.17, 15) is 4.79 Å². The normalized spacial score (nSPS) is 27.7. The van der Waals surface area contributed by atoms with E-state index in [1.165, 1.54) is 6.42 Å².